The molecule has 1 N–H and O–H groups in total. The largest absolute Gasteiger partial charge is 0.380 e. The second-order valence-electron chi connectivity index (χ2n) is 5.53. The van der Waals surface area contributed by atoms with E-state index < -0.39 is 0 Å². The lowest BCUT2D eigenvalue weighted by atomic mass is 9.95. The fraction of sp³-hybridized carbons (Fsp3) is 1.00. The van der Waals surface area contributed by atoms with E-state index in [1.54, 1.807) is 0 Å². The molecular weight excluding hydrogens is 232 g/mol. The molecule has 0 amide bonds. The van der Waals surface area contributed by atoms with E-state index in [0.29, 0.717) is 0 Å². The summed E-state index contributed by atoms with van der Waals surface area (Å²) in [6, 6.07) is 0.803. The summed E-state index contributed by atoms with van der Waals surface area (Å²) in [6.07, 6.45) is 4.00. The fourth-order valence-corrected chi connectivity index (χ4v) is 4.75. The van der Waals surface area contributed by atoms with Gasteiger partial charge >= 0.3 is 0 Å². The number of nitrogens with zero attached hydrogens (tertiary/aromatic N) is 1. The van der Waals surface area contributed by atoms with Crippen LogP contribution in [0.15, 0.2) is 0 Å². The Balaban J connectivity index is 1.56. The predicted molar refractivity (Wildman–Crippen MR) is 72.6 cm³/mol. The van der Waals surface area contributed by atoms with Crippen LogP contribution < -0.4 is 5.32 Å². The summed E-state index contributed by atoms with van der Waals surface area (Å²) in [5.74, 6) is 2.23. The Morgan fingerprint density at radius 1 is 1.24 bits per heavy atom. The summed E-state index contributed by atoms with van der Waals surface area (Å²) in [5, 5.41) is 4.21. The molecule has 3 nitrogen and oxygen atoms in total. The van der Waals surface area contributed by atoms with Crippen LogP contribution in [0.5, 0.6) is 0 Å². The lowest BCUT2D eigenvalue weighted by molar-refractivity contribution is 0.0304. The van der Waals surface area contributed by atoms with Crippen LogP contribution in [0.25, 0.3) is 0 Å². The van der Waals surface area contributed by atoms with Crippen molar-refractivity contribution in [1.29, 1.82) is 0 Å². The number of hydrogen-bond acceptors (Lipinski definition) is 4. The Bertz CT molecular complexity index is 244. The first-order valence-electron chi connectivity index (χ1n) is 7.07. The third-order valence-corrected chi connectivity index (χ3v) is 5.70. The lowest BCUT2D eigenvalue weighted by Gasteiger charge is -2.45. The molecule has 3 aliphatic rings. The molecule has 0 saturated carbocycles. The first-order valence-corrected chi connectivity index (χ1v) is 8.12. The Kier molecular flexibility index (Phi) is 4.27. The Morgan fingerprint density at radius 2 is 2.12 bits per heavy atom. The van der Waals surface area contributed by atoms with Gasteiger partial charge in [0.2, 0.25) is 0 Å². The van der Waals surface area contributed by atoms with E-state index in [9.17, 15) is 0 Å². The van der Waals surface area contributed by atoms with Crippen molar-refractivity contribution in [3.63, 3.8) is 0 Å². The molecule has 0 radical (unpaired) electrons. The zero-order chi connectivity index (χ0) is 11.5. The third kappa shape index (κ3) is 2.98. The Morgan fingerprint density at radius 3 is 3.00 bits per heavy atom. The van der Waals surface area contributed by atoms with E-state index in [0.717, 1.165) is 30.4 Å². The maximum Gasteiger partial charge on any atom is 0.0600 e. The Labute approximate surface area is 109 Å². The number of thioether (sulfide) groups is 1. The summed E-state index contributed by atoms with van der Waals surface area (Å²) in [5.41, 5.74) is 0. The van der Waals surface area contributed by atoms with Crippen molar-refractivity contribution in [2.75, 3.05) is 45.1 Å². The van der Waals surface area contributed by atoms with E-state index >= 15 is 0 Å². The van der Waals surface area contributed by atoms with Crippen molar-refractivity contribution in [1.82, 2.24) is 10.2 Å². The van der Waals surface area contributed by atoms with Gasteiger partial charge in [0.15, 0.2) is 0 Å². The molecule has 0 bridgehead atoms. The minimum absolute atomic E-state index is 0.749. The van der Waals surface area contributed by atoms with Crippen LogP contribution in [0.1, 0.15) is 19.3 Å². The average molecular weight is 256 g/mol. The molecule has 4 heteroatoms. The van der Waals surface area contributed by atoms with Gasteiger partial charge in [0.05, 0.1) is 6.61 Å². The number of hydrogen-bond donors (Lipinski definition) is 1. The number of rotatable bonds is 2. The van der Waals surface area contributed by atoms with Gasteiger partial charge in [-0.25, -0.2) is 0 Å². The molecule has 3 aliphatic heterocycles. The first kappa shape index (κ1) is 12.3. The van der Waals surface area contributed by atoms with Crippen LogP contribution >= 0.6 is 11.8 Å². The fourth-order valence-electron chi connectivity index (χ4n) is 3.39. The minimum Gasteiger partial charge on any atom is -0.380 e. The lowest BCUT2D eigenvalue weighted by Crippen LogP contribution is -2.53. The normalized spacial score (nSPS) is 36.7. The van der Waals surface area contributed by atoms with Crippen LogP contribution in [-0.4, -0.2) is 61.3 Å². The second-order valence-corrected chi connectivity index (χ2v) is 6.88. The molecular formula is C13H24N2OS. The number of fused-ring (bicyclic) bond motifs is 1. The van der Waals surface area contributed by atoms with Crippen LogP contribution in [0.3, 0.4) is 0 Å². The van der Waals surface area contributed by atoms with Gasteiger partial charge < -0.3 is 10.1 Å². The third-order valence-electron chi connectivity index (χ3n) is 4.40. The summed E-state index contributed by atoms with van der Waals surface area (Å²) in [7, 11) is 0. The van der Waals surface area contributed by atoms with Gasteiger partial charge in [0, 0.05) is 36.7 Å². The summed E-state index contributed by atoms with van der Waals surface area (Å²) < 4.78 is 5.62. The van der Waals surface area contributed by atoms with Crippen LogP contribution in [0.4, 0.5) is 0 Å². The first-order chi connectivity index (χ1) is 8.43. The maximum absolute atomic E-state index is 5.62. The van der Waals surface area contributed by atoms with Gasteiger partial charge in [-0.3, -0.25) is 4.90 Å². The highest BCUT2D eigenvalue weighted by Gasteiger charge is 2.35. The molecule has 98 valence electrons. The smallest absolute Gasteiger partial charge is 0.0600 e. The molecule has 2 unspecified atom stereocenters. The van der Waals surface area contributed by atoms with Crippen molar-refractivity contribution < 1.29 is 4.74 Å². The van der Waals surface area contributed by atoms with Gasteiger partial charge in [-0.1, -0.05) is 0 Å². The Hall–Kier alpha value is 0.230. The van der Waals surface area contributed by atoms with Crippen molar-refractivity contribution in [2.45, 2.75) is 30.6 Å². The number of ether oxygens (including phenoxy) is 1. The van der Waals surface area contributed by atoms with E-state index in [-0.39, 0.29) is 0 Å². The molecule has 17 heavy (non-hydrogen) atoms. The van der Waals surface area contributed by atoms with Gasteiger partial charge in [0.25, 0.3) is 0 Å². The number of piperidine rings is 1. The van der Waals surface area contributed by atoms with Crippen LogP contribution in [0, 0.1) is 5.92 Å². The average Bonchev–Trinajstić information content (AvgIpc) is 2.40. The van der Waals surface area contributed by atoms with E-state index in [1.165, 1.54) is 51.2 Å². The van der Waals surface area contributed by atoms with Gasteiger partial charge in [0.1, 0.15) is 0 Å². The molecule has 0 spiro atoms. The molecule has 0 aliphatic carbocycles. The molecule has 2 atom stereocenters. The maximum atomic E-state index is 5.62. The molecule has 0 aromatic heterocycles. The zero-order valence-corrected chi connectivity index (χ0v) is 11.4. The highest BCUT2D eigenvalue weighted by Crippen LogP contribution is 2.31. The second kappa shape index (κ2) is 5.91. The summed E-state index contributed by atoms with van der Waals surface area (Å²) in [4.78, 5) is 2.78. The molecule has 3 rings (SSSR count). The molecule has 0 aromatic carbocycles. The zero-order valence-electron chi connectivity index (χ0n) is 10.6. The number of nitrogens with one attached hydrogen (secondary N) is 1. The van der Waals surface area contributed by atoms with Gasteiger partial charge in [-0.05, 0) is 38.3 Å². The van der Waals surface area contributed by atoms with Gasteiger partial charge in [-0.15, -0.1) is 0 Å². The summed E-state index contributed by atoms with van der Waals surface area (Å²) in [6.45, 7) is 7.05. The SMILES string of the molecule is C1CC(CN2CCSC3COCCC32)CCN1. The van der Waals surface area contributed by atoms with E-state index in [4.69, 9.17) is 4.74 Å². The minimum atomic E-state index is 0.749. The van der Waals surface area contributed by atoms with Crippen molar-refractivity contribution in [3.8, 4) is 0 Å². The molecule has 3 fully saturated rings. The molecule has 3 heterocycles. The van der Waals surface area contributed by atoms with Crippen molar-refractivity contribution >= 4 is 11.8 Å². The highest BCUT2D eigenvalue weighted by molar-refractivity contribution is 8.00. The van der Waals surface area contributed by atoms with Crippen molar-refractivity contribution in [2.24, 2.45) is 5.92 Å². The summed E-state index contributed by atoms with van der Waals surface area (Å²) >= 11 is 2.13. The van der Waals surface area contributed by atoms with E-state index in [2.05, 4.69) is 22.0 Å². The standard InChI is InChI=1S/C13H24N2OS/c1-4-14-5-2-11(1)9-15-6-8-17-13-10-16-7-3-12(13)15/h11-14H,1-10H2. The van der Waals surface area contributed by atoms with Crippen LogP contribution in [-0.2, 0) is 4.74 Å². The monoisotopic (exact) mass is 256 g/mol. The topological polar surface area (TPSA) is 24.5 Å². The van der Waals surface area contributed by atoms with Crippen LogP contribution in [0.2, 0.25) is 0 Å². The quantitative estimate of drug-likeness (QED) is 0.802. The van der Waals surface area contributed by atoms with E-state index in [1.807, 2.05) is 0 Å². The molecule has 3 saturated heterocycles. The highest BCUT2D eigenvalue weighted by atomic mass is 32.2. The van der Waals surface area contributed by atoms with Gasteiger partial charge in [-0.2, -0.15) is 11.8 Å². The van der Waals surface area contributed by atoms with Crippen molar-refractivity contribution in [3.05, 3.63) is 0 Å². The molecule has 0 aromatic rings. The predicted octanol–water partition coefficient (Wildman–Crippen LogP) is 1.19.